The zero-order valence-corrected chi connectivity index (χ0v) is 13.4. The Morgan fingerprint density at radius 1 is 0.824 bits per heavy atom. The topological polar surface area (TPSA) is 60.8 Å². The van der Waals surface area contributed by atoms with Gasteiger partial charge in [0.25, 0.3) is 0 Å². The first-order valence-corrected chi connectivity index (χ1v) is 6.64. The molecule has 0 bridgehead atoms. The van der Waals surface area contributed by atoms with Gasteiger partial charge in [-0.25, -0.2) is 9.97 Å². The standard InChI is InChI=1S/C5H5BrN2O.C4H2Br2N2/c1-9-5-3-7-2-4(6)8-5;5-3-1-7-2-4(6)8-3/h2-3H,1H3;1-2H. The molecule has 0 saturated carbocycles. The van der Waals surface area contributed by atoms with Crippen molar-refractivity contribution in [2.75, 3.05) is 7.11 Å². The minimum atomic E-state index is 0.518. The van der Waals surface area contributed by atoms with Crippen LogP contribution < -0.4 is 4.74 Å². The summed E-state index contributed by atoms with van der Waals surface area (Å²) in [5.74, 6) is 0.518. The van der Waals surface area contributed by atoms with Crippen LogP contribution in [0.5, 0.6) is 5.88 Å². The predicted octanol–water partition coefficient (Wildman–Crippen LogP) is 3.25. The van der Waals surface area contributed by atoms with E-state index in [0.717, 1.165) is 9.21 Å². The van der Waals surface area contributed by atoms with Crippen LogP contribution in [0.2, 0.25) is 0 Å². The van der Waals surface area contributed by atoms with Gasteiger partial charge in [0.2, 0.25) is 5.88 Å². The van der Waals surface area contributed by atoms with E-state index in [1.165, 1.54) is 0 Å². The summed E-state index contributed by atoms with van der Waals surface area (Å²) in [5.41, 5.74) is 0. The van der Waals surface area contributed by atoms with Gasteiger partial charge in [0.15, 0.2) is 0 Å². The van der Waals surface area contributed by atoms with Gasteiger partial charge in [-0.1, -0.05) is 0 Å². The molecular formula is C9H7Br3N4O. The molecule has 0 aliphatic rings. The summed E-state index contributed by atoms with van der Waals surface area (Å²) >= 11 is 9.47. The molecule has 5 nitrogen and oxygen atoms in total. The molecule has 2 heterocycles. The number of hydrogen-bond acceptors (Lipinski definition) is 5. The molecule has 0 aliphatic carbocycles. The summed E-state index contributed by atoms with van der Waals surface area (Å²) < 4.78 is 6.96. The molecule has 90 valence electrons. The van der Waals surface area contributed by atoms with Crippen LogP contribution in [0.4, 0.5) is 0 Å². The van der Waals surface area contributed by atoms with Crippen molar-refractivity contribution in [2.24, 2.45) is 0 Å². The monoisotopic (exact) mass is 424 g/mol. The van der Waals surface area contributed by atoms with Crippen molar-refractivity contribution in [3.63, 3.8) is 0 Å². The molecule has 0 N–H and O–H groups in total. The highest BCUT2D eigenvalue weighted by atomic mass is 79.9. The normalized spacial score (nSPS) is 9.18. The second-order valence-electron chi connectivity index (χ2n) is 2.55. The van der Waals surface area contributed by atoms with Crippen LogP contribution in [0.25, 0.3) is 0 Å². The lowest BCUT2D eigenvalue weighted by Crippen LogP contribution is -1.87. The van der Waals surface area contributed by atoms with Crippen molar-refractivity contribution in [3.8, 4) is 5.88 Å². The fraction of sp³-hybridized carbons (Fsp3) is 0.111. The van der Waals surface area contributed by atoms with E-state index in [1.54, 1.807) is 31.9 Å². The van der Waals surface area contributed by atoms with E-state index in [4.69, 9.17) is 4.74 Å². The Kier molecular flexibility index (Phi) is 6.53. The van der Waals surface area contributed by atoms with E-state index in [0.29, 0.717) is 10.5 Å². The third-order valence-electron chi connectivity index (χ3n) is 1.37. The largest absolute Gasteiger partial charge is 0.480 e. The van der Waals surface area contributed by atoms with E-state index < -0.39 is 0 Å². The van der Waals surface area contributed by atoms with E-state index in [9.17, 15) is 0 Å². The van der Waals surface area contributed by atoms with Gasteiger partial charge in [-0.3, -0.25) is 9.97 Å². The molecule has 2 aromatic rings. The fourth-order valence-electron chi connectivity index (χ4n) is 0.744. The Morgan fingerprint density at radius 3 is 1.59 bits per heavy atom. The van der Waals surface area contributed by atoms with Gasteiger partial charge in [-0.05, 0) is 47.8 Å². The molecule has 0 fully saturated rings. The van der Waals surface area contributed by atoms with Crippen LogP contribution in [0, 0.1) is 0 Å². The first kappa shape index (κ1) is 14.5. The summed E-state index contributed by atoms with van der Waals surface area (Å²) in [6.45, 7) is 0. The van der Waals surface area contributed by atoms with Gasteiger partial charge >= 0.3 is 0 Å². The molecule has 8 heteroatoms. The van der Waals surface area contributed by atoms with Gasteiger partial charge in [-0.2, -0.15) is 0 Å². The molecule has 0 aromatic carbocycles. The zero-order valence-electron chi connectivity index (χ0n) is 8.64. The lowest BCUT2D eigenvalue weighted by molar-refractivity contribution is 0.394. The number of methoxy groups -OCH3 is 1. The summed E-state index contributed by atoms with van der Waals surface area (Å²) in [6.07, 6.45) is 6.41. The summed E-state index contributed by atoms with van der Waals surface area (Å²) in [5, 5.41) is 0. The molecule has 0 radical (unpaired) electrons. The Balaban J connectivity index is 0.000000171. The average molecular weight is 427 g/mol. The van der Waals surface area contributed by atoms with Crippen molar-refractivity contribution in [1.29, 1.82) is 0 Å². The number of hydrogen-bond donors (Lipinski definition) is 0. The lowest BCUT2D eigenvalue weighted by Gasteiger charge is -1.94. The highest BCUT2D eigenvalue weighted by Gasteiger charge is 1.91. The van der Waals surface area contributed by atoms with Crippen LogP contribution in [0.1, 0.15) is 0 Å². The van der Waals surface area contributed by atoms with Crippen LogP contribution in [-0.2, 0) is 0 Å². The average Bonchev–Trinajstić information content (AvgIpc) is 2.29. The maximum absolute atomic E-state index is 4.79. The van der Waals surface area contributed by atoms with Crippen LogP contribution >= 0.6 is 47.8 Å². The molecule has 0 saturated heterocycles. The molecule has 0 amide bonds. The van der Waals surface area contributed by atoms with Gasteiger partial charge < -0.3 is 4.74 Å². The van der Waals surface area contributed by atoms with Gasteiger partial charge in [0, 0.05) is 0 Å². The van der Waals surface area contributed by atoms with Gasteiger partial charge in [0.1, 0.15) is 13.8 Å². The highest BCUT2D eigenvalue weighted by Crippen LogP contribution is 2.08. The lowest BCUT2D eigenvalue weighted by atomic mass is 10.7. The van der Waals surface area contributed by atoms with Crippen LogP contribution in [0.3, 0.4) is 0 Å². The zero-order chi connectivity index (χ0) is 12.7. The third kappa shape index (κ3) is 6.04. The van der Waals surface area contributed by atoms with Crippen molar-refractivity contribution >= 4 is 47.8 Å². The number of halogens is 3. The second-order valence-corrected chi connectivity index (χ2v) is 4.99. The number of rotatable bonds is 1. The van der Waals surface area contributed by atoms with Crippen molar-refractivity contribution in [3.05, 3.63) is 38.6 Å². The van der Waals surface area contributed by atoms with Crippen molar-refractivity contribution in [1.82, 2.24) is 19.9 Å². The van der Waals surface area contributed by atoms with Crippen molar-refractivity contribution in [2.45, 2.75) is 0 Å². The molecular weight excluding hydrogens is 420 g/mol. The summed E-state index contributed by atoms with van der Waals surface area (Å²) in [4.78, 5) is 15.5. The maximum Gasteiger partial charge on any atom is 0.233 e. The van der Waals surface area contributed by atoms with Crippen LogP contribution in [0.15, 0.2) is 38.6 Å². The third-order valence-corrected chi connectivity index (χ3v) is 2.51. The fourth-order valence-corrected chi connectivity index (χ4v) is 1.89. The van der Waals surface area contributed by atoms with Crippen molar-refractivity contribution < 1.29 is 4.74 Å². The van der Waals surface area contributed by atoms with E-state index >= 15 is 0 Å². The molecule has 2 aromatic heterocycles. The van der Waals surface area contributed by atoms with E-state index in [-0.39, 0.29) is 0 Å². The smallest absolute Gasteiger partial charge is 0.233 e. The van der Waals surface area contributed by atoms with Gasteiger partial charge in [0.05, 0.1) is 31.9 Å². The van der Waals surface area contributed by atoms with Crippen LogP contribution in [-0.4, -0.2) is 27.0 Å². The summed E-state index contributed by atoms with van der Waals surface area (Å²) in [6, 6.07) is 0. The Labute approximate surface area is 123 Å². The summed E-state index contributed by atoms with van der Waals surface area (Å²) in [7, 11) is 1.55. The first-order chi connectivity index (χ1) is 8.11. The SMILES string of the molecule is Brc1cncc(Br)n1.COc1cncc(Br)n1. The van der Waals surface area contributed by atoms with Gasteiger partial charge in [-0.15, -0.1) is 0 Å². The quantitative estimate of drug-likeness (QED) is 0.700. The molecule has 17 heavy (non-hydrogen) atoms. The first-order valence-electron chi connectivity index (χ1n) is 4.26. The number of ether oxygens (including phenoxy) is 1. The maximum atomic E-state index is 4.79. The van der Waals surface area contributed by atoms with E-state index in [2.05, 4.69) is 67.7 Å². The molecule has 0 unspecified atom stereocenters. The minimum absolute atomic E-state index is 0.518. The number of nitrogens with zero attached hydrogens (tertiary/aromatic N) is 4. The number of aromatic nitrogens is 4. The Hall–Kier alpha value is -0.600. The molecule has 2 rings (SSSR count). The molecule has 0 atom stereocenters. The predicted molar refractivity (Wildman–Crippen MR) is 73.7 cm³/mol. The second kappa shape index (κ2) is 7.67. The minimum Gasteiger partial charge on any atom is -0.480 e. The highest BCUT2D eigenvalue weighted by molar-refractivity contribution is 9.11. The molecule has 0 aliphatic heterocycles. The Morgan fingerprint density at radius 2 is 1.29 bits per heavy atom. The Bertz CT molecular complexity index is 466. The molecule has 0 spiro atoms. The van der Waals surface area contributed by atoms with E-state index in [1.807, 2.05) is 0 Å².